The Morgan fingerprint density at radius 2 is 1.90 bits per heavy atom. The number of hydrogen-bond acceptors (Lipinski definition) is 5. The van der Waals surface area contributed by atoms with Crippen LogP contribution in [0.4, 0.5) is 20.6 Å². The molecule has 0 radical (unpaired) electrons. The second-order valence-corrected chi connectivity index (χ2v) is 6.57. The Labute approximate surface area is 166 Å². The molecule has 1 aliphatic heterocycles. The van der Waals surface area contributed by atoms with Gasteiger partial charge in [0.15, 0.2) is 0 Å². The number of nitrogens with one attached hydrogen (secondary N) is 1. The molecule has 0 bridgehead atoms. The van der Waals surface area contributed by atoms with Crippen molar-refractivity contribution in [2.45, 2.75) is 13.3 Å². The van der Waals surface area contributed by atoms with E-state index >= 15 is 0 Å². The molecule has 0 spiro atoms. The molecule has 1 saturated heterocycles. The second kappa shape index (κ2) is 7.75. The van der Waals surface area contributed by atoms with Gasteiger partial charge in [0.2, 0.25) is 11.8 Å². The first-order valence-electron chi connectivity index (χ1n) is 9.06. The third-order valence-electron chi connectivity index (χ3n) is 4.54. The Kier molecular flexibility index (Phi) is 4.99. The van der Waals surface area contributed by atoms with Crippen LogP contribution in [0.15, 0.2) is 52.9 Å². The van der Waals surface area contributed by atoms with E-state index in [2.05, 4.69) is 10.3 Å². The molecule has 1 N–H and O–H groups in total. The van der Waals surface area contributed by atoms with Gasteiger partial charge in [0.25, 0.3) is 0 Å². The Bertz CT molecular complexity index is 1040. The van der Waals surface area contributed by atoms with Crippen molar-refractivity contribution in [3.63, 3.8) is 0 Å². The maximum absolute atomic E-state index is 13.1. The Hall–Kier alpha value is -3.68. The normalized spacial score (nSPS) is 13.4. The zero-order valence-corrected chi connectivity index (χ0v) is 15.6. The van der Waals surface area contributed by atoms with Crippen LogP contribution in [0.2, 0.25) is 0 Å². The quantitative estimate of drug-likeness (QED) is 0.708. The molecule has 1 aliphatic rings. The first-order valence-corrected chi connectivity index (χ1v) is 9.06. The number of anilines is 2. The summed E-state index contributed by atoms with van der Waals surface area (Å²) in [4.78, 5) is 29.9. The van der Waals surface area contributed by atoms with E-state index in [0.29, 0.717) is 47.4 Å². The fourth-order valence-corrected chi connectivity index (χ4v) is 3.02. The second-order valence-electron chi connectivity index (χ2n) is 6.57. The number of benzene rings is 2. The van der Waals surface area contributed by atoms with Gasteiger partial charge in [-0.25, -0.2) is 14.2 Å². The SMILES string of the molecule is Cc1oc(-c2ccc(F)cc2)nc1CC(=O)Nc1ccc(N2CCOC2=O)cc1. The lowest BCUT2D eigenvalue weighted by molar-refractivity contribution is -0.115. The molecule has 0 aliphatic carbocycles. The summed E-state index contributed by atoms with van der Waals surface area (Å²) < 4.78 is 23.6. The minimum Gasteiger partial charge on any atom is -0.447 e. The van der Waals surface area contributed by atoms with Gasteiger partial charge in [-0.3, -0.25) is 9.69 Å². The summed E-state index contributed by atoms with van der Waals surface area (Å²) in [5.74, 6) is 0.277. The van der Waals surface area contributed by atoms with Gasteiger partial charge in [-0.05, 0) is 55.5 Å². The van der Waals surface area contributed by atoms with Crippen molar-refractivity contribution in [1.29, 1.82) is 0 Å². The number of carbonyl (C=O) groups is 2. The summed E-state index contributed by atoms with van der Waals surface area (Å²) in [7, 11) is 0. The first kappa shape index (κ1) is 18.7. The van der Waals surface area contributed by atoms with Crippen LogP contribution in [0.1, 0.15) is 11.5 Å². The van der Waals surface area contributed by atoms with E-state index in [4.69, 9.17) is 9.15 Å². The monoisotopic (exact) mass is 395 g/mol. The molecular formula is C21H18FN3O4. The molecule has 1 fully saturated rings. The molecule has 0 saturated carbocycles. The molecular weight excluding hydrogens is 377 g/mol. The Morgan fingerprint density at radius 3 is 2.55 bits per heavy atom. The zero-order chi connectivity index (χ0) is 20.4. The molecule has 0 atom stereocenters. The Morgan fingerprint density at radius 1 is 1.17 bits per heavy atom. The van der Waals surface area contributed by atoms with Crippen LogP contribution in [-0.4, -0.2) is 30.1 Å². The highest BCUT2D eigenvalue weighted by Crippen LogP contribution is 2.23. The predicted octanol–water partition coefficient (Wildman–Crippen LogP) is 3.93. The van der Waals surface area contributed by atoms with E-state index in [9.17, 15) is 14.0 Å². The van der Waals surface area contributed by atoms with Crippen LogP contribution >= 0.6 is 0 Å². The minimum absolute atomic E-state index is 0.0384. The van der Waals surface area contributed by atoms with Gasteiger partial charge in [0.05, 0.1) is 18.7 Å². The van der Waals surface area contributed by atoms with E-state index < -0.39 is 0 Å². The number of ether oxygens (including phenoxy) is 1. The number of oxazole rings is 1. The fourth-order valence-electron chi connectivity index (χ4n) is 3.02. The topological polar surface area (TPSA) is 84.7 Å². The smallest absolute Gasteiger partial charge is 0.414 e. The number of aromatic nitrogens is 1. The number of amides is 2. The highest BCUT2D eigenvalue weighted by molar-refractivity contribution is 5.93. The average Bonchev–Trinajstić information content (AvgIpc) is 3.29. The third kappa shape index (κ3) is 4.11. The molecule has 1 aromatic heterocycles. The van der Waals surface area contributed by atoms with E-state index in [1.54, 1.807) is 43.3 Å². The van der Waals surface area contributed by atoms with Crippen LogP contribution in [0.3, 0.4) is 0 Å². The standard InChI is InChI=1S/C21H18FN3O4/c1-13-18(24-20(29-13)14-2-4-15(22)5-3-14)12-19(26)23-16-6-8-17(9-7-16)25-10-11-28-21(25)27/h2-9H,10-12H2,1H3,(H,23,26). The molecule has 3 aromatic rings. The maximum Gasteiger partial charge on any atom is 0.414 e. The molecule has 8 heteroatoms. The van der Waals surface area contributed by atoms with Gasteiger partial charge >= 0.3 is 6.09 Å². The van der Waals surface area contributed by atoms with Crippen LogP contribution in [0.5, 0.6) is 0 Å². The number of rotatable bonds is 5. The van der Waals surface area contributed by atoms with E-state index in [0.717, 1.165) is 0 Å². The van der Waals surface area contributed by atoms with E-state index in [1.165, 1.54) is 17.0 Å². The molecule has 2 heterocycles. The van der Waals surface area contributed by atoms with Gasteiger partial charge < -0.3 is 14.5 Å². The van der Waals surface area contributed by atoms with Gasteiger partial charge in [-0.2, -0.15) is 0 Å². The largest absolute Gasteiger partial charge is 0.447 e. The number of hydrogen-bond donors (Lipinski definition) is 1. The molecule has 2 amide bonds. The lowest BCUT2D eigenvalue weighted by atomic mass is 10.2. The first-order chi connectivity index (χ1) is 14.0. The predicted molar refractivity (Wildman–Crippen MR) is 104 cm³/mol. The van der Waals surface area contributed by atoms with E-state index in [-0.39, 0.29) is 24.2 Å². The van der Waals surface area contributed by atoms with Gasteiger partial charge in [-0.15, -0.1) is 0 Å². The van der Waals surface area contributed by atoms with Crippen molar-refractivity contribution in [2.24, 2.45) is 0 Å². The van der Waals surface area contributed by atoms with Crippen molar-refractivity contribution in [1.82, 2.24) is 4.98 Å². The van der Waals surface area contributed by atoms with Crippen molar-refractivity contribution in [2.75, 3.05) is 23.4 Å². The van der Waals surface area contributed by atoms with Crippen molar-refractivity contribution in [3.05, 3.63) is 65.8 Å². The molecule has 29 heavy (non-hydrogen) atoms. The van der Waals surface area contributed by atoms with Gasteiger partial charge in [-0.1, -0.05) is 0 Å². The summed E-state index contributed by atoms with van der Waals surface area (Å²) in [6, 6.07) is 12.7. The maximum atomic E-state index is 13.1. The lowest BCUT2D eigenvalue weighted by Gasteiger charge is -2.13. The highest BCUT2D eigenvalue weighted by atomic mass is 19.1. The number of carbonyl (C=O) groups excluding carboxylic acids is 2. The summed E-state index contributed by atoms with van der Waals surface area (Å²) in [5.41, 5.74) is 2.46. The number of nitrogens with zero attached hydrogens (tertiary/aromatic N) is 2. The van der Waals surface area contributed by atoms with Gasteiger partial charge in [0, 0.05) is 16.9 Å². The summed E-state index contributed by atoms with van der Waals surface area (Å²) >= 11 is 0. The molecule has 148 valence electrons. The van der Waals surface area contributed by atoms with Crippen molar-refractivity contribution in [3.8, 4) is 11.5 Å². The summed E-state index contributed by atoms with van der Waals surface area (Å²) in [5, 5.41) is 2.80. The van der Waals surface area contributed by atoms with E-state index in [1.807, 2.05) is 0 Å². The van der Waals surface area contributed by atoms with Crippen LogP contribution < -0.4 is 10.2 Å². The summed E-state index contributed by atoms with van der Waals surface area (Å²) in [6.45, 7) is 2.60. The highest BCUT2D eigenvalue weighted by Gasteiger charge is 2.23. The van der Waals surface area contributed by atoms with Crippen molar-refractivity contribution >= 4 is 23.4 Å². The molecule has 4 rings (SSSR count). The van der Waals surface area contributed by atoms with Crippen molar-refractivity contribution < 1.29 is 23.1 Å². The molecule has 7 nitrogen and oxygen atoms in total. The number of cyclic esters (lactones) is 1. The van der Waals surface area contributed by atoms with Gasteiger partial charge in [0.1, 0.15) is 18.2 Å². The van der Waals surface area contributed by atoms with Crippen LogP contribution in [-0.2, 0) is 16.0 Å². The number of halogens is 1. The summed E-state index contributed by atoms with van der Waals surface area (Å²) in [6.07, 6.45) is -0.336. The lowest BCUT2D eigenvalue weighted by Crippen LogP contribution is -2.23. The third-order valence-corrected chi connectivity index (χ3v) is 4.54. The molecule has 0 unspecified atom stereocenters. The zero-order valence-electron chi connectivity index (χ0n) is 15.6. The average molecular weight is 395 g/mol. The molecule has 2 aromatic carbocycles. The number of aryl methyl sites for hydroxylation is 1. The van der Waals surface area contributed by atoms with Crippen LogP contribution in [0.25, 0.3) is 11.5 Å². The fraction of sp³-hybridized carbons (Fsp3) is 0.190. The minimum atomic E-state index is -0.375. The Balaban J connectivity index is 1.41. The van der Waals surface area contributed by atoms with Crippen LogP contribution in [0, 0.1) is 12.7 Å².